The standard InChI is InChI=1S/C19H22O3/c1-14-3-9-18(19(11-14)13-22-15(2)21)10-8-16-4-6-17(12-20)7-5-16/h3-7,9,11,20H,8,10,12-13H2,1-2H3. The van der Waals surface area contributed by atoms with Crippen LogP contribution in [-0.2, 0) is 35.6 Å². The van der Waals surface area contributed by atoms with Gasteiger partial charge in [-0.15, -0.1) is 0 Å². The SMILES string of the molecule is CC(=O)OCc1cc(C)ccc1CCc1ccc(CO)cc1. The Hall–Kier alpha value is -2.13. The third-order valence-corrected chi connectivity index (χ3v) is 3.68. The van der Waals surface area contributed by atoms with Crippen molar-refractivity contribution in [3.05, 3.63) is 70.3 Å². The van der Waals surface area contributed by atoms with Crippen molar-refractivity contribution >= 4 is 5.97 Å². The van der Waals surface area contributed by atoms with E-state index in [2.05, 4.69) is 18.2 Å². The molecule has 0 saturated carbocycles. The highest BCUT2D eigenvalue weighted by molar-refractivity contribution is 5.66. The lowest BCUT2D eigenvalue weighted by molar-refractivity contribution is -0.142. The van der Waals surface area contributed by atoms with Crippen LogP contribution in [0.15, 0.2) is 42.5 Å². The van der Waals surface area contributed by atoms with E-state index in [9.17, 15) is 4.79 Å². The van der Waals surface area contributed by atoms with Gasteiger partial charge >= 0.3 is 5.97 Å². The second-order valence-electron chi connectivity index (χ2n) is 5.53. The summed E-state index contributed by atoms with van der Waals surface area (Å²) < 4.78 is 5.14. The van der Waals surface area contributed by atoms with Crippen molar-refractivity contribution in [2.75, 3.05) is 0 Å². The number of hydrogen-bond acceptors (Lipinski definition) is 3. The molecule has 0 amide bonds. The minimum atomic E-state index is -0.257. The van der Waals surface area contributed by atoms with Crippen LogP contribution in [0, 0.1) is 6.92 Å². The molecule has 22 heavy (non-hydrogen) atoms. The predicted octanol–water partition coefficient (Wildman–Crippen LogP) is 3.34. The van der Waals surface area contributed by atoms with E-state index in [0.29, 0.717) is 6.61 Å². The summed E-state index contributed by atoms with van der Waals surface area (Å²) in [5.74, 6) is -0.257. The molecule has 0 heterocycles. The van der Waals surface area contributed by atoms with E-state index in [1.165, 1.54) is 23.6 Å². The fourth-order valence-electron chi connectivity index (χ4n) is 2.40. The highest BCUT2D eigenvalue weighted by Crippen LogP contribution is 2.16. The van der Waals surface area contributed by atoms with E-state index in [4.69, 9.17) is 9.84 Å². The van der Waals surface area contributed by atoms with Gasteiger partial charge in [-0.2, -0.15) is 0 Å². The van der Waals surface area contributed by atoms with Gasteiger partial charge in [0.05, 0.1) is 6.61 Å². The first-order valence-electron chi connectivity index (χ1n) is 7.49. The number of rotatable bonds is 6. The molecule has 0 radical (unpaired) electrons. The largest absolute Gasteiger partial charge is 0.461 e. The number of ether oxygens (including phenoxy) is 1. The van der Waals surface area contributed by atoms with Gasteiger partial charge < -0.3 is 9.84 Å². The summed E-state index contributed by atoms with van der Waals surface area (Å²) >= 11 is 0. The van der Waals surface area contributed by atoms with Crippen LogP contribution in [0.1, 0.15) is 34.7 Å². The lowest BCUT2D eigenvalue weighted by atomic mass is 9.98. The molecule has 2 aromatic rings. The number of carbonyl (C=O) groups excluding carboxylic acids is 1. The molecule has 0 fully saturated rings. The van der Waals surface area contributed by atoms with Crippen molar-refractivity contribution in [2.45, 2.75) is 39.9 Å². The summed E-state index contributed by atoms with van der Waals surface area (Å²) in [4.78, 5) is 11.0. The van der Waals surface area contributed by atoms with Gasteiger partial charge in [0.1, 0.15) is 6.61 Å². The van der Waals surface area contributed by atoms with Gasteiger partial charge in [-0.25, -0.2) is 0 Å². The Labute approximate surface area is 131 Å². The maximum absolute atomic E-state index is 11.0. The molecule has 0 spiro atoms. The summed E-state index contributed by atoms with van der Waals surface area (Å²) in [5.41, 5.74) is 5.60. The second-order valence-corrected chi connectivity index (χ2v) is 5.53. The average molecular weight is 298 g/mol. The van der Waals surface area contributed by atoms with E-state index in [0.717, 1.165) is 24.0 Å². The Bertz CT molecular complexity index is 630. The number of aliphatic hydroxyl groups excluding tert-OH is 1. The van der Waals surface area contributed by atoms with Crippen LogP contribution < -0.4 is 0 Å². The molecule has 0 aliphatic carbocycles. The first-order valence-corrected chi connectivity index (χ1v) is 7.49. The summed E-state index contributed by atoms with van der Waals surface area (Å²) in [6.07, 6.45) is 1.82. The minimum absolute atomic E-state index is 0.0742. The van der Waals surface area contributed by atoms with Crippen LogP contribution in [-0.4, -0.2) is 11.1 Å². The Morgan fingerprint density at radius 2 is 1.68 bits per heavy atom. The van der Waals surface area contributed by atoms with E-state index in [1.54, 1.807) is 0 Å². The van der Waals surface area contributed by atoms with E-state index in [-0.39, 0.29) is 12.6 Å². The molecule has 0 aromatic heterocycles. The number of carbonyl (C=O) groups is 1. The smallest absolute Gasteiger partial charge is 0.302 e. The monoisotopic (exact) mass is 298 g/mol. The van der Waals surface area contributed by atoms with E-state index < -0.39 is 0 Å². The zero-order valence-electron chi connectivity index (χ0n) is 13.1. The molecule has 1 N–H and O–H groups in total. The highest BCUT2D eigenvalue weighted by atomic mass is 16.5. The normalized spacial score (nSPS) is 10.5. The Morgan fingerprint density at radius 1 is 1.00 bits per heavy atom. The van der Waals surface area contributed by atoms with Crippen LogP contribution in [0.3, 0.4) is 0 Å². The molecule has 2 aromatic carbocycles. The maximum atomic E-state index is 11.0. The van der Waals surface area contributed by atoms with Crippen molar-refractivity contribution in [1.82, 2.24) is 0 Å². The van der Waals surface area contributed by atoms with Gasteiger partial charge in [-0.1, -0.05) is 48.0 Å². The minimum Gasteiger partial charge on any atom is -0.461 e. The van der Waals surface area contributed by atoms with Crippen LogP contribution >= 0.6 is 0 Å². The summed E-state index contributed by atoms with van der Waals surface area (Å²) in [7, 11) is 0. The Kier molecular flexibility index (Phi) is 5.73. The summed E-state index contributed by atoms with van der Waals surface area (Å²) in [6, 6.07) is 14.3. The third-order valence-electron chi connectivity index (χ3n) is 3.68. The molecule has 3 nitrogen and oxygen atoms in total. The van der Waals surface area contributed by atoms with Gasteiger partial charge in [0.2, 0.25) is 0 Å². The van der Waals surface area contributed by atoms with Crippen molar-refractivity contribution in [2.24, 2.45) is 0 Å². The second kappa shape index (κ2) is 7.76. The summed E-state index contributed by atoms with van der Waals surface area (Å²) in [5, 5.41) is 9.06. The molecule has 2 rings (SSSR count). The van der Waals surface area contributed by atoms with Crippen LogP contribution in [0.5, 0.6) is 0 Å². The van der Waals surface area contributed by atoms with Gasteiger partial charge in [0.25, 0.3) is 0 Å². The van der Waals surface area contributed by atoms with Crippen molar-refractivity contribution in [3.8, 4) is 0 Å². The van der Waals surface area contributed by atoms with Gasteiger partial charge in [0.15, 0.2) is 0 Å². The summed E-state index contributed by atoms with van der Waals surface area (Å²) in [6.45, 7) is 3.87. The molecule has 0 atom stereocenters. The molecule has 0 unspecified atom stereocenters. The van der Waals surface area contributed by atoms with Crippen molar-refractivity contribution in [3.63, 3.8) is 0 Å². The number of esters is 1. The highest BCUT2D eigenvalue weighted by Gasteiger charge is 2.06. The van der Waals surface area contributed by atoms with Crippen LogP contribution in [0.4, 0.5) is 0 Å². The molecule has 0 bridgehead atoms. The lowest BCUT2D eigenvalue weighted by Gasteiger charge is -2.11. The first kappa shape index (κ1) is 16.2. The number of benzene rings is 2. The molecule has 0 aliphatic heterocycles. The zero-order valence-corrected chi connectivity index (χ0v) is 13.1. The number of aliphatic hydroxyl groups is 1. The van der Waals surface area contributed by atoms with E-state index >= 15 is 0 Å². The fourth-order valence-corrected chi connectivity index (χ4v) is 2.40. The molecule has 116 valence electrons. The van der Waals surface area contributed by atoms with Gasteiger partial charge in [-0.3, -0.25) is 4.79 Å². The molecular weight excluding hydrogens is 276 g/mol. The molecule has 3 heteroatoms. The lowest BCUT2D eigenvalue weighted by Crippen LogP contribution is -2.03. The number of aryl methyl sites for hydroxylation is 3. The number of hydrogen-bond donors (Lipinski definition) is 1. The average Bonchev–Trinajstić information content (AvgIpc) is 2.52. The Balaban J connectivity index is 2.05. The fraction of sp³-hybridized carbons (Fsp3) is 0.316. The van der Waals surface area contributed by atoms with Gasteiger partial charge in [-0.05, 0) is 42.0 Å². The maximum Gasteiger partial charge on any atom is 0.302 e. The molecular formula is C19H22O3. The first-order chi connectivity index (χ1) is 10.6. The van der Waals surface area contributed by atoms with Crippen LogP contribution in [0.25, 0.3) is 0 Å². The molecule has 0 saturated heterocycles. The predicted molar refractivity (Wildman–Crippen MR) is 86.4 cm³/mol. The quantitative estimate of drug-likeness (QED) is 0.832. The van der Waals surface area contributed by atoms with Crippen molar-refractivity contribution in [1.29, 1.82) is 0 Å². The Morgan fingerprint density at radius 3 is 2.32 bits per heavy atom. The van der Waals surface area contributed by atoms with Crippen molar-refractivity contribution < 1.29 is 14.6 Å². The van der Waals surface area contributed by atoms with Crippen LogP contribution in [0.2, 0.25) is 0 Å². The van der Waals surface area contributed by atoms with Gasteiger partial charge in [0, 0.05) is 6.92 Å². The zero-order chi connectivity index (χ0) is 15.9. The van der Waals surface area contributed by atoms with E-state index in [1.807, 2.05) is 31.2 Å². The third kappa shape index (κ3) is 4.71. The topological polar surface area (TPSA) is 46.5 Å². The molecule has 0 aliphatic rings.